The molecule has 8 heteroatoms. The van der Waals surface area contributed by atoms with Gasteiger partial charge in [0.05, 0.1) is 6.04 Å². The van der Waals surface area contributed by atoms with Gasteiger partial charge >= 0.3 is 5.69 Å². The number of nitrogens with zero attached hydrogens (tertiary/aromatic N) is 4. The van der Waals surface area contributed by atoms with E-state index in [1.807, 2.05) is 6.20 Å². The molecule has 3 heterocycles. The number of rotatable bonds is 4. The molecule has 0 radical (unpaired) electrons. The van der Waals surface area contributed by atoms with Crippen LogP contribution in [0.2, 0.25) is 0 Å². The van der Waals surface area contributed by atoms with Gasteiger partial charge in [-0.05, 0) is 12.8 Å². The summed E-state index contributed by atoms with van der Waals surface area (Å²) in [5.74, 6) is 1.22. The first-order valence-corrected chi connectivity index (χ1v) is 8.56. The smallest absolute Gasteiger partial charge is 0.328 e. The van der Waals surface area contributed by atoms with E-state index in [2.05, 4.69) is 28.4 Å². The van der Waals surface area contributed by atoms with Crippen LogP contribution in [0.5, 0.6) is 0 Å². The standard InChI is InChI=1S/C17H23N5O3/c1-12(2)16-18-6-9-22(16)13-4-3-7-20(10-13)15(24)11-21-8-5-14(23)19-17(21)25/h5-6,8-9,12-13H,3-4,7,10-11H2,1-2H3,(H,19,23,25). The molecule has 1 fully saturated rings. The Labute approximate surface area is 145 Å². The van der Waals surface area contributed by atoms with Crippen LogP contribution in [0, 0.1) is 0 Å². The van der Waals surface area contributed by atoms with E-state index in [0.29, 0.717) is 19.0 Å². The number of hydrogen-bond donors (Lipinski definition) is 1. The van der Waals surface area contributed by atoms with Crippen molar-refractivity contribution in [3.63, 3.8) is 0 Å². The third-order valence-corrected chi connectivity index (χ3v) is 4.56. The minimum absolute atomic E-state index is 0.0662. The van der Waals surface area contributed by atoms with Crippen LogP contribution in [0.25, 0.3) is 0 Å². The number of aromatic amines is 1. The van der Waals surface area contributed by atoms with Crippen molar-refractivity contribution < 1.29 is 4.79 Å². The summed E-state index contributed by atoms with van der Waals surface area (Å²) < 4.78 is 3.39. The summed E-state index contributed by atoms with van der Waals surface area (Å²) in [4.78, 5) is 43.8. The van der Waals surface area contributed by atoms with Crippen LogP contribution in [-0.2, 0) is 11.3 Å². The number of hydrogen-bond acceptors (Lipinski definition) is 4. The maximum atomic E-state index is 12.6. The fourth-order valence-corrected chi connectivity index (χ4v) is 3.30. The molecule has 0 aromatic carbocycles. The maximum absolute atomic E-state index is 12.6. The maximum Gasteiger partial charge on any atom is 0.328 e. The Bertz CT molecular complexity index is 863. The van der Waals surface area contributed by atoms with Gasteiger partial charge in [-0.1, -0.05) is 13.8 Å². The Hall–Kier alpha value is -2.64. The largest absolute Gasteiger partial charge is 0.339 e. The first-order chi connectivity index (χ1) is 12.0. The molecule has 0 bridgehead atoms. The Kier molecular flexibility index (Phi) is 4.87. The molecule has 1 saturated heterocycles. The van der Waals surface area contributed by atoms with Gasteiger partial charge in [0, 0.05) is 43.7 Å². The predicted octanol–water partition coefficient (Wildman–Crippen LogP) is 0.720. The lowest BCUT2D eigenvalue weighted by Crippen LogP contribution is -2.44. The van der Waals surface area contributed by atoms with E-state index in [-0.39, 0.29) is 18.5 Å². The van der Waals surface area contributed by atoms with E-state index < -0.39 is 11.2 Å². The van der Waals surface area contributed by atoms with Crippen molar-refractivity contribution in [2.75, 3.05) is 13.1 Å². The lowest BCUT2D eigenvalue weighted by atomic mass is 10.0. The fourth-order valence-electron chi connectivity index (χ4n) is 3.30. The van der Waals surface area contributed by atoms with Crippen molar-refractivity contribution in [1.82, 2.24) is 24.0 Å². The zero-order chi connectivity index (χ0) is 18.0. The fraction of sp³-hybridized carbons (Fsp3) is 0.529. The molecule has 2 aromatic heterocycles. The highest BCUT2D eigenvalue weighted by Gasteiger charge is 2.26. The molecule has 0 aliphatic carbocycles. The molecule has 1 atom stereocenters. The van der Waals surface area contributed by atoms with Crippen LogP contribution >= 0.6 is 0 Å². The number of amides is 1. The number of aromatic nitrogens is 4. The second kappa shape index (κ2) is 7.08. The minimum Gasteiger partial charge on any atom is -0.339 e. The molecule has 2 aromatic rings. The monoisotopic (exact) mass is 345 g/mol. The van der Waals surface area contributed by atoms with Crippen molar-refractivity contribution >= 4 is 5.91 Å². The minimum atomic E-state index is -0.564. The number of likely N-dealkylation sites (tertiary alicyclic amines) is 1. The predicted molar refractivity (Wildman–Crippen MR) is 92.5 cm³/mol. The third kappa shape index (κ3) is 3.72. The molecular weight excluding hydrogens is 322 g/mol. The van der Waals surface area contributed by atoms with E-state index in [1.165, 1.54) is 16.8 Å². The van der Waals surface area contributed by atoms with E-state index in [4.69, 9.17) is 0 Å². The molecule has 1 N–H and O–H groups in total. The molecule has 0 saturated carbocycles. The molecule has 1 amide bonds. The molecule has 1 aliphatic rings. The van der Waals surface area contributed by atoms with Gasteiger partial charge in [0.15, 0.2) is 0 Å². The molecule has 3 rings (SSSR count). The van der Waals surface area contributed by atoms with Gasteiger partial charge in [0.25, 0.3) is 5.56 Å². The summed E-state index contributed by atoms with van der Waals surface area (Å²) in [6.45, 7) is 5.43. The summed E-state index contributed by atoms with van der Waals surface area (Å²) in [7, 11) is 0. The van der Waals surface area contributed by atoms with Crippen LogP contribution in [0.4, 0.5) is 0 Å². The summed E-state index contributed by atoms with van der Waals surface area (Å²) in [5, 5.41) is 0. The average Bonchev–Trinajstić information content (AvgIpc) is 3.07. The van der Waals surface area contributed by atoms with Crippen LogP contribution in [0.3, 0.4) is 0 Å². The van der Waals surface area contributed by atoms with Gasteiger partial charge in [-0.2, -0.15) is 0 Å². The summed E-state index contributed by atoms with van der Waals surface area (Å²) in [6, 6.07) is 1.44. The normalized spacial score (nSPS) is 17.9. The summed E-state index contributed by atoms with van der Waals surface area (Å²) >= 11 is 0. The van der Waals surface area contributed by atoms with Crippen LogP contribution < -0.4 is 11.2 Å². The van der Waals surface area contributed by atoms with Gasteiger partial charge in [0.2, 0.25) is 5.91 Å². The summed E-state index contributed by atoms with van der Waals surface area (Å²) in [5.41, 5.74) is -1.03. The number of carbonyl (C=O) groups is 1. The second-order valence-corrected chi connectivity index (χ2v) is 6.72. The highest BCUT2D eigenvalue weighted by atomic mass is 16.2. The highest BCUT2D eigenvalue weighted by molar-refractivity contribution is 5.76. The molecule has 1 unspecified atom stereocenters. The Morgan fingerprint density at radius 2 is 2.16 bits per heavy atom. The molecule has 8 nitrogen and oxygen atoms in total. The van der Waals surface area contributed by atoms with E-state index >= 15 is 0 Å². The average molecular weight is 345 g/mol. The van der Waals surface area contributed by atoms with E-state index in [9.17, 15) is 14.4 Å². The molecule has 1 aliphatic heterocycles. The topological polar surface area (TPSA) is 93.0 Å². The molecule has 25 heavy (non-hydrogen) atoms. The molecule has 134 valence electrons. The zero-order valence-electron chi connectivity index (χ0n) is 14.5. The van der Waals surface area contributed by atoms with E-state index in [1.54, 1.807) is 11.1 Å². The SMILES string of the molecule is CC(C)c1nccn1C1CCCN(C(=O)Cn2ccc(=O)[nH]c2=O)C1. The molecular formula is C17H23N5O3. The van der Waals surface area contributed by atoms with Crippen LogP contribution in [0.15, 0.2) is 34.2 Å². The Morgan fingerprint density at radius 1 is 1.36 bits per heavy atom. The summed E-state index contributed by atoms with van der Waals surface area (Å²) in [6.07, 6.45) is 7.04. The lowest BCUT2D eigenvalue weighted by molar-refractivity contribution is -0.133. The number of H-pyrrole nitrogens is 1. The third-order valence-electron chi connectivity index (χ3n) is 4.56. The van der Waals surface area contributed by atoms with Gasteiger partial charge in [-0.25, -0.2) is 9.78 Å². The molecule has 0 spiro atoms. The number of nitrogens with one attached hydrogen (secondary N) is 1. The lowest BCUT2D eigenvalue weighted by Gasteiger charge is -2.34. The Balaban J connectivity index is 1.72. The first kappa shape index (κ1) is 17.2. The number of imidazole rings is 1. The Morgan fingerprint density at radius 3 is 2.88 bits per heavy atom. The van der Waals surface area contributed by atoms with E-state index in [0.717, 1.165) is 18.7 Å². The first-order valence-electron chi connectivity index (χ1n) is 8.56. The van der Waals surface area contributed by atoms with Crippen molar-refractivity contribution in [1.29, 1.82) is 0 Å². The van der Waals surface area contributed by atoms with Crippen LogP contribution in [-0.4, -0.2) is 43.0 Å². The van der Waals surface area contributed by atoms with Crippen molar-refractivity contribution in [3.05, 3.63) is 51.3 Å². The quantitative estimate of drug-likeness (QED) is 0.884. The van der Waals surface area contributed by atoms with Crippen molar-refractivity contribution in [2.45, 2.75) is 45.2 Å². The van der Waals surface area contributed by atoms with Crippen molar-refractivity contribution in [2.24, 2.45) is 0 Å². The van der Waals surface area contributed by atoms with Gasteiger partial charge < -0.3 is 9.47 Å². The zero-order valence-corrected chi connectivity index (χ0v) is 14.5. The van der Waals surface area contributed by atoms with Gasteiger partial charge in [-0.3, -0.25) is 19.1 Å². The van der Waals surface area contributed by atoms with Crippen molar-refractivity contribution in [3.8, 4) is 0 Å². The second-order valence-electron chi connectivity index (χ2n) is 6.72. The van der Waals surface area contributed by atoms with Gasteiger partial charge in [0.1, 0.15) is 12.4 Å². The number of piperidine rings is 1. The number of carbonyl (C=O) groups excluding carboxylic acids is 1. The highest BCUT2D eigenvalue weighted by Crippen LogP contribution is 2.25. The van der Waals surface area contributed by atoms with Crippen LogP contribution in [0.1, 0.15) is 44.5 Å². The van der Waals surface area contributed by atoms with Gasteiger partial charge in [-0.15, -0.1) is 0 Å².